The van der Waals surface area contributed by atoms with E-state index in [9.17, 15) is 10.2 Å². The Morgan fingerprint density at radius 3 is 2.55 bits per heavy atom. The predicted octanol–water partition coefficient (Wildman–Crippen LogP) is 3.40. The molecular weight excluding hydrogens is 366 g/mol. The number of aryl methyl sites for hydroxylation is 1. The molecule has 1 aromatic rings. The molecule has 1 saturated carbocycles. The van der Waals surface area contributed by atoms with E-state index in [0.717, 1.165) is 43.5 Å². The molecule has 0 amide bonds. The van der Waals surface area contributed by atoms with Crippen molar-refractivity contribution in [3.05, 3.63) is 29.8 Å². The Labute approximate surface area is 176 Å². The number of hydrogen-bond donors (Lipinski definition) is 2. The highest BCUT2D eigenvalue weighted by Gasteiger charge is 2.41. The molecule has 3 rings (SSSR count). The molecule has 1 atom stereocenters. The van der Waals surface area contributed by atoms with Crippen LogP contribution in [0.2, 0.25) is 0 Å². The highest BCUT2D eigenvalue weighted by atomic mass is 16.5. The van der Waals surface area contributed by atoms with Crippen molar-refractivity contribution >= 4 is 0 Å². The van der Waals surface area contributed by atoms with Crippen LogP contribution in [0, 0.1) is 18.3 Å². The number of aliphatic hydroxyl groups is 2. The minimum absolute atomic E-state index is 0.178. The van der Waals surface area contributed by atoms with Crippen LogP contribution in [0.5, 0.6) is 5.75 Å². The van der Waals surface area contributed by atoms with Gasteiger partial charge in [-0.15, -0.1) is 0 Å². The third kappa shape index (κ3) is 6.42. The highest BCUT2D eigenvalue weighted by Crippen LogP contribution is 2.41. The monoisotopic (exact) mass is 405 g/mol. The molecule has 5 heteroatoms. The summed E-state index contributed by atoms with van der Waals surface area (Å²) in [5, 5.41) is 22.4. The van der Waals surface area contributed by atoms with Crippen LogP contribution < -0.4 is 4.74 Å². The Morgan fingerprint density at radius 2 is 1.90 bits per heavy atom. The molecule has 1 aliphatic heterocycles. The van der Waals surface area contributed by atoms with Gasteiger partial charge in [0.15, 0.2) is 0 Å². The molecule has 5 nitrogen and oxygen atoms in total. The smallest absolute Gasteiger partial charge is 0.134 e. The van der Waals surface area contributed by atoms with Crippen LogP contribution in [-0.4, -0.2) is 65.8 Å². The Balaban J connectivity index is 1.57. The van der Waals surface area contributed by atoms with Crippen molar-refractivity contribution in [2.45, 2.75) is 64.6 Å². The molecule has 0 aromatic heterocycles. The summed E-state index contributed by atoms with van der Waals surface area (Å²) in [4.78, 5) is 2.16. The van der Waals surface area contributed by atoms with E-state index in [1.165, 1.54) is 0 Å². The van der Waals surface area contributed by atoms with Crippen LogP contribution in [0.1, 0.15) is 52.0 Å². The maximum Gasteiger partial charge on any atom is 0.134 e. The third-order valence-electron chi connectivity index (χ3n) is 6.60. The molecule has 2 aliphatic rings. The van der Waals surface area contributed by atoms with Crippen molar-refractivity contribution in [1.29, 1.82) is 0 Å². The zero-order chi connectivity index (χ0) is 21.1. The first kappa shape index (κ1) is 22.5. The van der Waals surface area contributed by atoms with E-state index in [-0.39, 0.29) is 13.2 Å². The third-order valence-corrected chi connectivity index (χ3v) is 6.60. The van der Waals surface area contributed by atoms with Crippen LogP contribution in [0.15, 0.2) is 24.3 Å². The first-order valence-corrected chi connectivity index (χ1v) is 11.0. The molecule has 0 spiro atoms. The van der Waals surface area contributed by atoms with Gasteiger partial charge in [0, 0.05) is 19.6 Å². The molecule has 1 aromatic carbocycles. The standard InChI is InChI=1S/C24H39NO4/c1-19-6-5-7-21(14-19)29-18-24(27)16-25(12-13-28-17-24)15-23(26)10-8-20(9-11-23)22(2,3)4/h5-7,14,20,26-27H,8-13,15-18H2,1-4H3. The lowest BCUT2D eigenvalue weighted by atomic mass is 9.68. The second-order valence-corrected chi connectivity index (χ2v) is 10.5. The number of hydrogen-bond acceptors (Lipinski definition) is 5. The zero-order valence-corrected chi connectivity index (χ0v) is 18.6. The maximum absolute atomic E-state index is 11.2. The summed E-state index contributed by atoms with van der Waals surface area (Å²) < 4.78 is 11.6. The summed E-state index contributed by atoms with van der Waals surface area (Å²) >= 11 is 0. The molecule has 0 bridgehead atoms. The van der Waals surface area contributed by atoms with E-state index in [1.807, 2.05) is 31.2 Å². The minimum atomic E-state index is -1.08. The second-order valence-electron chi connectivity index (χ2n) is 10.5. The fraction of sp³-hybridized carbons (Fsp3) is 0.750. The normalized spacial score (nSPS) is 32.0. The summed E-state index contributed by atoms with van der Waals surface area (Å²) in [5.74, 6) is 1.42. The van der Waals surface area contributed by atoms with Gasteiger partial charge in [0.1, 0.15) is 18.0 Å². The van der Waals surface area contributed by atoms with Crippen LogP contribution in [0.4, 0.5) is 0 Å². The number of rotatable bonds is 5. The van der Waals surface area contributed by atoms with E-state index in [4.69, 9.17) is 9.47 Å². The summed E-state index contributed by atoms with van der Waals surface area (Å²) in [6.45, 7) is 11.6. The van der Waals surface area contributed by atoms with Gasteiger partial charge >= 0.3 is 0 Å². The minimum Gasteiger partial charge on any atom is -0.490 e. The number of nitrogens with zero attached hydrogens (tertiary/aromatic N) is 1. The Hall–Kier alpha value is -1.14. The molecule has 29 heavy (non-hydrogen) atoms. The lowest BCUT2D eigenvalue weighted by Crippen LogP contribution is -2.53. The molecule has 164 valence electrons. The zero-order valence-electron chi connectivity index (χ0n) is 18.6. The molecular formula is C24H39NO4. The Bertz CT molecular complexity index is 663. The molecule has 0 radical (unpaired) electrons. The van der Waals surface area contributed by atoms with Crippen molar-refractivity contribution in [1.82, 2.24) is 4.90 Å². The molecule has 1 unspecified atom stereocenters. The maximum atomic E-state index is 11.2. The van der Waals surface area contributed by atoms with E-state index in [0.29, 0.717) is 31.0 Å². The Kier molecular flexibility index (Phi) is 6.94. The van der Waals surface area contributed by atoms with E-state index in [1.54, 1.807) is 0 Å². The molecule has 2 fully saturated rings. The second kappa shape index (κ2) is 8.93. The van der Waals surface area contributed by atoms with Crippen molar-refractivity contribution in [2.75, 3.05) is 39.5 Å². The number of benzene rings is 1. The van der Waals surface area contributed by atoms with E-state index >= 15 is 0 Å². The van der Waals surface area contributed by atoms with E-state index < -0.39 is 11.2 Å². The first-order valence-electron chi connectivity index (χ1n) is 11.0. The van der Waals surface area contributed by atoms with Gasteiger partial charge in [-0.25, -0.2) is 0 Å². The van der Waals surface area contributed by atoms with Crippen LogP contribution in [0.3, 0.4) is 0 Å². The molecule has 1 aliphatic carbocycles. The highest BCUT2D eigenvalue weighted by molar-refractivity contribution is 5.27. The summed E-state index contributed by atoms with van der Waals surface area (Å²) in [5.41, 5.74) is -0.337. The van der Waals surface area contributed by atoms with Gasteiger partial charge in [-0.3, -0.25) is 4.90 Å². The summed E-state index contributed by atoms with van der Waals surface area (Å²) in [6.07, 6.45) is 3.77. The van der Waals surface area contributed by atoms with Gasteiger partial charge in [-0.05, 0) is 61.6 Å². The van der Waals surface area contributed by atoms with Crippen LogP contribution >= 0.6 is 0 Å². The number of β-amino-alcohol motifs (C(OH)–C–C–N with tert-alkyl or cyclic N) is 2. The van der Waals surface area contributed by atoms with Gasteiger partial charge in [-0.2, -0.15) is 0 Å². The molecule has 1 heterocycles. The summed E-state index contributed by atoms with van der Waals surface area (Å²) in [6, 6.07) is 7.85. The van der Waals surface area contributed by atoms with Crippen molar-refractivity contribution < 1.29 is 19.7 Å². The van der Waals surface area contributed by atoms with Crippen LogP contribution in [0.25, 0.3) is 0 Å². The van der Waals surface area contributed by atoms with Crippen molar-refractivity contribution in [3.8, 4) is 5.75 Å². The number of ether oxygens (including phenoxy) is 2. The molecule has 2 N–H and O–H groups in total. The fourth-order valence-corrected chi connectivity index (χ4v) is 4.74. The van der Waals surface area contributed by atoms with Gasteiger partial charge in [0.05, 0.1) is 18.8 Å². The van der Waals surface area contributed by atoms with Gasteiger partial charge < -0.3 is 19.7 Å². The summed E-state index contributed by atoms with van der Waals surface area (Å²) in [7, 11) is 0. The average Bonchev–Trinajstić information content (AvgIpc) is 2.81. The lowest BCUT2D eigenvalue weighted by molar-refractivity contribution is -0.0807. The van der Waals surface area contributed by atoms with Crippen LogP contribution in [-0.2, 0) is 4.74 Å². The SMILES string of the molecule is Cc1cccc(OCC2(O)COCCN(CC3(O)CCC(C(C)(C)C)CC3)C2)c1. The van der Waals surface area contributed by atoms with E-state index in [2.05, 4.69) is 25.7 Å². The average molecular weight is 406 g/mol. The van der Waals surface area contributed by atoms with Crippen molar-refractivity contribution in [2.24, 2.45) is 11.3 Å². The predicted molar refractivity (Wildman–Crippen MR) is 115 cm³/mol. The van der Waals surface area contributed by atoms with Gasteiger partial charge in [0.25, 0.3) is 0 Å². The van der Waals surface area contributed by atoms with Gasteiger partial charge in [-0.1, -0.05) is 32.9 Å². The Morgan fingerprint density at radius 1 is 1.17 bits per heavy atom. The lowest BCUT2D eigenvalue weighted by Gasteiger charge is -2.43. The topological polar surface area (TPSA) is 62.2 Å². The first-order chi connectivity index (χ1) is 13.6. The molecule has 1 saturated heterocycles. The fourth-order valence-electron chi connectivity index (χ4n) is 4.74. The largest absolute Gasteiger partial charge is 0.490 e. The van der Waals surface area contributed by atoms with Gasteiger partial charge in [0.2, 0.25) is 0 Å². The quantitative estimate of drug-likeness (QED) is 0.786. The van der Waals surface area contributed by atoms with Crippen molar-refractivity contribution in [3.63, 3.8) is 0 Å².